The minimum Gasteiger partial charge on any atom is -0.388 e. The van der Waals surface area contributed by atoms with Gasteiger partial charge in [-0.3, -0.25) is 4.68 Å². The summed E-state index contributed by atoms with van der Waals surface area (Å²) in [4.78, 5) is 0. The zero-order valence-electron chi connectivity index (χ0n) is 12.2. The Morgan fingerprint density at radius 3 is 2.90 bits per heavy atom. The molecular formula is C17H22N2O. The summed E-state index contributed by atoms with van der Waals surface area (Å²) in [5.74, 6) is 0.286. The fraction of sp³-hybridized carbons (Fsp3) is 0.471. The van der Waals surface area contributed by atoms with Crippen molar-refractivity contribution in [1.29, 1.82) is 0 Å². The first kappa shape index (κ1) is 13.4. The molecule has 1 aliphatic rings. The lowest BCUT2D eigenvalue weighted by Gasteiger charge is -2.21. The lowest BCUT2D eigenvalue weighted by Crippen LogP contribution is -2.16. The minimum atomic E-state index is -0.357. The second kappa shape index (κ2) is 5.41. The fourth-order valence-corrected chi connectivity index (χ4v) is 3.35. The number of aliphatic hydroxyl groups is 1. The monoisotopic (exact) mass is 270 g/mol. The Kier molecular flexibility index (Phi) is 3.62. The third-order valence-corrected chi connectivity index (χ3v) is 4.41. The molecule has 1 N–H and O–H groups in total. The molecule has 3 nitrogen and oxygen atoms in total. The van der Waals surface area contributed by atoms with Crippen LogP contribution in [0.2, 0.25) is 0 Å². The largest absolute Gasteiger partial charge is 0.388 e. The third kappa shape index (κ3) is 2.50. The molecule has 0 saturated carbocycles. The smallest absolute Gasteiger partial charge is 0.0824 e. The number of aliphatic hydroxyl groups excluding tert-OH is 1. The predicted octanol–water partition coefficient (Wildman–Crippen LogP) is 2.96. The van der Waals surface area contributed by atoms with Gasteiger partial charge in [0.15, 0.2) is 0 Å². The first-order valence-electron chi connectivity index (χ1n) is 7.40. The maximum Gasteiger partial charge on any atom is 0.0824 e. The van der Waals surface area contributed by atoms with Gasteiger partial charge in [-0.25, -0.2) is 0 Å². The molecular weight excluding hydrogens is 248 g/mol. The van der Waals surface area contributed by atoms with E-state index in [-0.39, 0.29) is 12.0 Å². The fourth-order valence-electron chi connectivity index (χ4n) is 3.35. The Hall–Kier alpha value is -1.61. The molecule has 0 radical (unpaired) electrons. The average molecular weight is 270 g/mol. The molecule has 2 atom stereocenters. The highest BCUT2D eigenvalue weighted by atomic mass is 16.3. The van der Waals surface area contributed by atoms with Gasteiger partial charge in [0, 0.05) is 12.7 Å². The van der Waals surface area contributed by atoms with Gasteiger partial charge in [-0.05, 0) is 55.7 Å². The Labute approximate surface area is 120 Å². The van der Waals surface area contributed by atoms with Crippen molar-refractivity contribution in [2.75, 3.05) is 0 Å². The number of aryl methyl sites for hydroxylation is 3. The van der Waals surface area contributed by atoms with Crippen molar-refractivity contribution in [1.82, 2.24) is 9.78 Å². The van der Waals surface area contributed by atoms with Gasteiger partial charge in [0.2, 0.25) is 0 Å². The molecule has 20 heavy (non-hydrogen) atoms. The summed E-state index contributed by atoms with van der Waals surface area (Å²) in [6.45, 7) is 2.02. The molecule has 1 aromatic heterocycles. The summed E-state index contributed by atoms with van der Waals surface area (Å²) in [6.07, 6.45) is 3.83. The van der Waals surface area contributed by atoms with Gasteiger partial charge < -0.3 is 5.11 Å². The van der Waals surface area contributed by atoms with Crippen molar-refractivity contribution < 1.29 is 5.11 Å². The standard InChI is InChI=1S/C17H22N2O/c1-12-10-15(19(2)18-12)11-14-8-5-7-13-6-3-4-9-16(13)17(14)20/h3-4,6,9-10,14,17,20H,5,7-8,11H2,1-2H3. The van der Waals surface area contributed by atoms with E-state index in [9.17, 15) is 5.11 Å². The summed E-state index contributed by atoms with van der Waals surface area (Å²) in [5, 5.41) is 15.1. The van der Waals surface area contributed by atoms with E-state index >= 15 is 0 Å². The molecule has 0 saturated heterocycles. The molecule has 1 aliphatic carbocycles. The summed E-state index contributed by atoms with van der Waals surface area (Å²) in [5.41, 5.74) is 4.69. The topological polar surface area (TPSA) is 38.0 Å². The van der Waals surface area contributed by atoms with Gasteiger partial charge in [0.1, 0.15) is 0 Å². The summed E-state index contributed by atoms with van der Waals surface area (Å²) in [6, 6.07) is 10.4. The predicted molar refractivity (Wildman–Crippen MR) is 79.5 cm³/mol. The van der Waals surface area contributed by atoms with Crippen LogP contribution in [0.3, 0.4) is 0 Å². The van der Waals surface area contributed by atoms with Crippen LogP contribution in [0, 0.1) is 12.8 Å². The van der Waals surface area contributed by atoms with E-state index in [0.29, 0.717) is 0 Å². The summed E-state index contributed by atoms with van der Waals surface area (Å²) >= 11 is 0. The second-order valence-corrected chi connectivity index (χ2v) is 5.90. The Morgan fingerprint density at radius 1 is 1.35 bits per heavy atom. The van der Waals surface area contributed by atoms with Crippen LogP contribution in [0.4, 0.5) is 0 Å². The maximum absolute atomic E-state index is 10.7. The van der Waals surface area contributed by atoms with Crippen LogP contribution < -0.4 is 0 Å². The molecule has 106 valence electrons. The highest BCUT2D eigenvalue weighted by molar-refractivity contribution is 5.31. The van der Waals surface area contributed by atoms with E-state index < -0.39 is 0 Å². The molecule has 0 fully saturated rings. The zero-order valence-corrected chi connectivity index (χ0v) is 12.2. The molecule has 1 heterocycles. The normalized spacial score (nSPS) is 22.4. The molecule has 0 aliphatic heterocycles. The van der Waals surface area contributed by atoms with Gasteiger partial charge in [0.05, 0.1) is 11.8 Å². The first-order valence-corrected chi connectivity index (χ1v) is 7.40. The molecule has 2 aromatic rings. The number of rotatable bonds is 2. The van der Waals surface area contributed by atoms with Crippen LogP contribution in [0.1, 0.15) is 41.5 Å². The lowest BCUT2D eigenvalue weighted by molar-refractivity contribution is 0.104. The highest BCUT2D eigenvalue weighted by Gasteiger charge is 2.26. The molecule has 3 rings (SSSR count). The number of fused-ring (bicyclic) bond motifs is 1. The minimum absolute atomic E-state index is 0.286. The Bertz CT molecular complexity index is 603. The average Bonchev–Trinajstić information content (AvgIpc) is 2.66. The molecule has 0 bridgehead atoms. The van der Waals surface area contributed by atoms with Crippen molar-refractivity contribution in [3.05, 3.63) is 52.8 Å². The van der Waals surface area contributed by atoms with Gasteiger partial charge in [-0.15, -0.1) is 0 Å². The number of benzene rings is 1. The molecule has 0 amide bonds. The van der Waals surface area contributed by atoms with Crippen molar-refractivity contribution in [2.45, 2.75) is 38.7 Å². The third-order valence-electron chi connectivity index (χ3n) is 4.41. The van der Waals surface area contributed by atoms with Gasteiger partial charge in [-0.1, -0.05) is 24.3 Å². The van der Waals surface area contributed by atoms with E-state index in [0.717, 1.165) is 36.9 Å². The number of aromatic nitrogens is 2. The van der Waals surface area contributed by atoms with Crippen LogP contribution in [-0.4, -0.2) is 14.9 Å². The van der Waals surface area contributed by atoms with E-state index in [1.165, 1.54) is 11.3 Å². The van der Waals surface area contributed by atoms with Crippen molar-refractivity contribution in [2.24, 2.45) is 13.0 Å². The van der Waals surface area contributed by atoms with Crippen LogP contribution in [0.15, 0.2) is 30.3 Å². The van der Waals surface area contributed by atoms with Crippen molar-refractivity contribution in [3.63, 3.8) is 0 Å². The summed E-state index contributed by atoms with van der Waals surface area (Å²) < 4.78 is 1.94. The molecule has 1 aromatic carbocycles. The molecule has 2 unspecified atom stereocenters. The Morgan fingerprint density at radius 2 is 2.15 bits per heavy atom. The van der Waals surface area contributed by atoms with Crippen molar-refractivity contribution in [3.8, 4) is 0 Å². The molecule has 3 heteroatoms. The SMILES string of the molecule is Cc1cc(CC2CCCc3ccccc3C2O)n(C)n1. The summed E-state index contributed by atoms with van der Waals surface area (Å²) in [7, 11) is 1.99. The highest BCUT2D eigenvalue weighted by Crippen LogP contribution is 2.35. The van der Waals surface area contributed by atoms with E-state index in [2.05, 4.69) is 29.4 Å². The van der Waals surface area contributed by atoms with Crippen LogP contribution in [0.25, 0.3) is 0 Å². The van der Waals surface area contributed by atoms with Crippen LogP contribution in [-0.2, 0) is 19.9 Å². The van der Waals surface area contributed by atoms with Gasteiger partial charge in [-0.2, -0.15) is 5.10 Å². The van der Waals surface area contributed by atoms with Crippen LogP contribution >= 0.6 is 0 Å². The zero-order chi connectivity index (χ0) is 14.1. The van der Waals surface area contributed by atoms with Gasteiger partial charge >= 0.3 is 0 Å². The second-order valence-electron chi connectivity index (χ2n) is 5.90. The first-order chi connectivity index (χ1) is 9.65. The molecule has 0 spiro atoms. The van der Waals surface area contributed by atoms with E-state index in [1.807, 2.05) is 24.7 Å². The quantitative estimate of drug-likeness (QED) is 0.852. The number of hydrogen-bond acceptors (Lipinski definition) is 2. The Balaban J connectivity index is 1.86. The maximum atomic E-state index is 10.7. The van der Waals surface area contributed by atoms with Crippen molar-refractivity contribution >= 4 is 0 Å². The lowest BCUT2D eigenvalue weighted by atomic mass is 9.89. The van der Waals surface area contributed by atoms with Gasteiger partial charge in [0.25, 0.3) is 0 Å². The number of nitrogens with zero attached hydrogens (tertiary/aromatic N) is 2. The number of hydrogen-bond donors (Lipinski definition) is 1. The van der Waals surface area contributed by atoms with Crippen LogP contribution in [0.5, 0.6) is 0 Å². The van der Waals surface area contributed by atoms with E-state index in [4.69, 9.17) is 0 Å². The van der Waals surface area contributed by atoms with E-state index in [1.54, 1.807) is 0 Å².